The number of nitrogens with zero attached hydrogens (tertiary/aromatic N) is 2. The van der Waals surface area contributed by atoms with Crippen LogP contribution in [0, 0.1) is 12.8 Å². The summed E-state index contributed by atoms with van der Waals surface area (Å²) in [4.78, 5) is 23.7. The van der Waals surface area contributed by atoms with Crippen LogP contribution in [0.5, 0.6) is 0 Å². The molecule has 6 heteroatoms. The molecule has 1 aliphatic rings. The third-order valence-corrected chi connectivity index (χ3v) is 2.59. The molecule has 86 valence electrons. The van der Waals surface area contributed by atoms with Crippen molar-refractivity contribution in [3.63, 3.8) is 0 Å². The van der Waals surface area contributed by atoms with Gasteiger partial charge in [0.1, 0.15) is 0 Å². The van der Waals surface area contributed by atoms with Gasteiger partial charge in [0.2, 0.25) is 5.91 Å². The molecule has 0 bridgehead atoms. The zero-order valence-electron chi connectivity index (χ0n) is 8.84. The summed E-state index contributed by atoms with van der Waals surface area (Å²) in [6.45, 7) is 2.33. The molecular formula is C10H12N2O4. The minimum absolute atomic E-state index is 0.0719. The Labute approximate surface area is 91.8 Å². The molecule has 6 nitrogen and oxygen atoms in total. The van der Waals surface area contributed by atoms with E-state index >= 15 is 0 Å². The number of likely N-dealkylation sites (tertiary alicyclic amines) is 1. The fourth-order valence-electron chi connectivity index (χ4n) is 1.77. The third kappa shape index (κ3) is 2.05. The third-order valence-electron chi connectivity index (χ3n) is 2.59. The Morgan fingerprint density at radius 1 is 1.75 bits per heavy atom. The fourth-order valence-corrected chi connectivity index (χ4v) is 1.77. The molecule has 1 atom stereocenters. The second-order valence-corrected chi connectivity index (χ2v) is 3.95. The van der Waals surface area contributed by atoms with E-state index in [1.165, 1.54) is 4.90 Å². The van der Waals surface area contributed by atoms with Gasteiger partial charge in [0.05, 0.1) is 18.2 Å². The largest absolute Gasteiger partial charge is 0.481 e. The van der Waals surface area contributed by atoms with Gasteiger partial charge in [-0.3, -0.25) is 9.59 Å². The van der Waals surface area contributed by atoms with Gasteiger partial charge in [0.15, 0.2) is 5.76 Å². The number of carboxylic acids is 1. The quantitative estimate of drug-likeness (QED) is 0.804. The minimum atomic E-state index is -0.926. The first-order valence-electron chi connectivity index (χ1n) is 4.99. The number of aromatic nitrogens is 1. The van der Waals surface area contributed by atoms with Gasteiger partial charge in [0, 0.05) is 19.0 Å². The molecule has 16 heavy (non-hydrogen) atoms. The Hall–Kier alpha value is -1.85. The van der Waals surface area contributed by atoms with E-state index in [0.717, 1.165) is 5.69 Å². The summed E-state index contributed by atoms with van der Waals surface area (Å²) in [7, 11) is 0. The van der Waals surface area contributed by atoms with Gasteiger partial charge in [-0.15, -0.1) is 0 Å². The first-order chi connectivity index (χ1) is 7.56. The Balaban J connectivity index is 2.01. The van der Waals surface area contributed by atoms with Crippen molar-refractivity contribution in [2.24, 2.45) is 5.92 Å². The zero-order valence-corrected chi connectivity index (χ0v) is 8.84. The van der Waals surface area contributed by atoms with E-state index in [4.69, 9.17) is 9.63 Å². The van der Waals surface area contributed by atoms with E-state index in [1.807, 2.05) is 0 Å². The number of carbonyl (C=O) groups excluding carboxylic acids is 1. The monoisotopic (exact) mass is 224 g/mol. The standard InChI is InChI=1S/C10H12N2O4/c1-6-2-8(16-11-6)5-12-4-7(10(14)15)3-9(12)13/h2,7H,3-5H2,1H3,(H,14,15). The highest BCUT2D eigenvalue weighted by Crippen LogP contribution is 2.20. The summed E-state index contributed by atoms with van der Waals surface area (Å²) < 4.78 is 4.98. The van der Waals surface area contributed by atoms with Gasteiger partial charge < -0.3 is 14.5 Å². The number of aryl methyl sites for hydroxylation is 1. The molecule has 1 saturated heterocycles. The van der Waals surface area contributed by atoms with Crippen LogP contribution in [0.1, 0.15) is 17.9 Å². The lowest BCUT2D eigenvalue weighted by molar-refractivity contribution is -0.141. The van der Waals surface area contributed by atoms with Crippen molar-refractivity contribution in [1.29, 1.82) is 0 Å². The molecule has 2 heterocycles. The summed E-state index contributed by atoms with van der Waals surface area (Å²) in [5, 5.41) is 12.5. The molecule has 1 unspecified atom stereocenters. The average molecular weight is 224 g/mol. The molecule has 0 radical (unpaired) electrons. The molecule has 0 saturated carbocycles. The van der Waals surface area contributed by atoms with Crippen LogP contribution in [0.25, 0.3) is 0 Å². The van der Waals surface area contributed by atoms with Gasteiger partial charge in [-0.25, -0.2) is 0 Å². The maximum absolute atomic E-state index is 11.5. The maximum atomic E-state index is 11.5. The Morgan fingerprint density at radius 3 is 3.00 bits per heavy atom. The van der Waals surface area contributed by atoms with Crippen molar-refractivity contribution in [3.05, 3.63) is 17.5 Å². The van der Waals surface area contributed by atoms with Crippen LogP contribution >= 0.6 is 0 Å². The summed E-state index contributed by atoms with van der Waals surface area (Å²) in [6.07, 6.45) is 0.0719. The van der Waals surface area contributed by atoms with Crippen molar-refractivity contribution in [2.45, 2.75) is 19.9 Å². The van der Waals surface area contributed by atoms with Crippen LogP contribution in [0.2, 0.25) is 0 Å². The predicted octanol–water partition coefficient (Wildman–Crippen LogP) is 0.416. The number of rotatable bonds is 3. The van der Waals surface area contributed by atoms with Crippen molar-refractivity contribution in [1.82, 2.24) is 10.1 Å². The van der Waals surface area contributed by atoms with Crippen LogP contribution in [-0.4, -0.2) is 33.6 Å². The molecule has 1 N–H and O–H groups in total. The van der Waals surface area contributed by atoms with E-state index in [1.54, 1.807) is 13.0 Å². The molecule has 1 aliphatic heterocycles. The highest BCUT2D eigenvalue weighted by molar-refractivity contribution is 5.85. The number of hydrogen-bond acceptors (Lipinski definition) is 4. The molecule has 1 aromatic heterocycles. The Bertz CT molecular complexity index is 426. The molecule has 0 spiro atoms. The lowest BCUT2D eigenvalue weighted by atomic mass is 10.1. The zero-order chi connectivity index (χ0) is 11.7. The van der Waals surface area contributed by atoms with E-state index < -0.39 is 11.9 Å². The highest BCUT2D eigenvalue weighted by atomic mass is 16.5. The Kier molecular flexibility index (Phi) is 2.64. The van der Waals surface area contributed by atoms with Crippen LogP contribution < -0.4 is 0 Å². The van der Waals surface area contributed by atoms with Crippen molar-refractivity contribution < 1.29 is 19.2 Å². The fraction of sp³-hybridized carbons (Fsp3) is 0.500. The predicted molar refractivity (Wildman–Crippen MR) is 52.4 cm³/mol. The maximum Gasteiger partial charge on any atom is 0.308 e. The molecule has 0 aliphatic carbocycles. The van der Waals surface area contributed by atoms with Crippen LogP contribution in [0.15, 0.2) is 10.6 Å². The van der Waals surface area contributed by atoms with E-state index in [-0.39, 0.29) is 18.9 Å². The summed E-state index contributed by atoms with van der Waals surface area (Å²) in [5.41, 5.74) is 0.747. The van der Waals surface area contributed by atoms with E-state index in [9.17, 15) is 9.59 Å². The lowest BCUT2D eigenvalue weighted by Crippen LogP contribution is -2.25. The van der Waals surface area contributed by atoms with Crippen LogP contribution in [0.3, 0.4) is 0 Å². The molecule has 1 aromatic rings. The molecule has 1 amide bonds. The van der Waals surface area contributed by atoms with Crippen LogP contribution in [-0.2, 0) is 16.1 Å². The van der Waals surface area contributed by atoms with Crippen molar-refractivity contribution >= 4 is 11.9 Å². The second kappa shape index (κ2) is 3.96. The lowest BCUT2D eigenvalue weighted by Gasteiger charge is -2.13. The molecule has 0 aromatic carbocycles. The van der Waals surface area contributed by atoms with Gasteiger partial charge >= 0.3 is 5.97 Å². The first-order valence-corrected chi connectivity index (χ1v) is 4.99. The summed E-state index contributed by atoms with van der Waals surface area (Å²) in [5.74, 6) is -1.10. The minimum Gasteiger partial charge on any atom is -0.481 e. The number of carboxylic acid groups (broad SMARTS) is 1. The molecular weight excluding hydrogens is 212 g/mol. The van der Waals surface area contributed by atoms with Gasteiger partial charge in [0.25, 0.3) is 0 Å². The number of aliphatic carboxylic acids is 1. The molecule has 2 rings (SSSR count). The smallest absolute Gasteiger partial charge is 0.308 e. The van der Waals surface area contributed by atoms with Crippen molar-refractivity contribution in [3.8, 4) is 0 Å². The number of amides is 1. The topological polar surface area (TPSA) is 83.6 Å². The Morgan fingerprint density at radius 2 is 2.50 bits per heavy atom. The van der Waals surface area contributed by atoms with E-state index in [0.29, 0.717) is 12.3 Å². The summed E-state index contributed by atoms with van der Waals surface area (Å²) >= 11 is 0. The second-order valence-electron chi connectivity index (χ2n) is 3.95. The van der Waals surface area contributed by atoms with Gasteiger partial charge in [-0.05, 0) is 6.92 Å². The first kappa shape index (κ1) is 10.7. The normalized spacial score (nSPS) is 20.4. The summed E-state index contributed by atoms with van der Waals surface area (Å²) in [6, 6.07) is 1.74. The van der Waals surface area contributed by atoms with E-state index in [2.05, 4.69) is 5.16 Å². The number of carbonyl (C=O) groups is 2. The average Bonchev–Trinajstić information content (AvgIpc) is 2.75. The van der Waals surface area contributed by atoms with Crippen molar-refractivity contribution in [2.75, 3.05) is 6.54 Å². The number of hydrogen-bond donors (Lipinski definition) is 1. The highest BCUT2D eigenvalue weighted by Gasteiger charge is 2.34. The van der Waals surface area contributed by atoms with Crippen LogP contribution in [0.4, 0.5) is 0 Å². The van der Waals surface area contributed by atoms with Gasteiger partial charge in [-0.1, -0.05) is 5.16 Å². The molecule has 1 fully saturated rings. The SMILES string of the molecule is Cc1cc(CN2CC(C(=O)O)CC2=O)on1. The van der Waals surface area contributed by atoms with Gasteiger partial charge in [-0.2, -0.15) is 0 Å².